The van der Waals surface area contributed by atoms with Gasteiger partial charge in [-0.1, -0.05) is 23.4 Å². The fourth-order valence-corrected chi connectivity index (χ4v) is 1.90. The average Bonchev–Trinajstić information content (AvgIpc) is 2.48. The van der Waals surface area contributed by atoms with Gasteiger partial charge < -0.3 is 20.5 Å². The van der Waals surface area contributed by atoms with E-state index in [2.05, 4.69) is 17.2 Å². The molecular formula is C14H15ClN2O3. The Morgan fingerprint density at radius 3 is 3.05 bits per heavy atom. The Morgan fingerprint density at radius 1 is 1.50 bits per heavy atom. The lowest BCUT2D eigenvalue weighted by Crippen LogP contribution is -2.39. The lowest BCUT2D eigenvalue weighted by Gasteiger charge is -2.22. The molecule has 106 valence electrons. The molecule has 0 aromatic heterocycles. The SMILES string of the molecule is NCC#Cc1cc(Cl)ccc1NC(=O)C1COCCO1. The zero-order valence-electron chi connectivity index (χ0n) is 10.8. The first-order chi connectivity index (χ1) is 9.70. The van der Waals surface area contributed by atoms with E-state index in [0.717, 1.165) is 0 Å². The first-order valence-electron chi connectivity index (χ1n) is 6.19. The molecular weight excluding hydrogens is 280 g/mol. The normalized spacial score (nSPS) is 18.0. The summed E-state index contributed by atoms with van der Waals surface area (Å²) in [6.07, 6.45) is -0.602. The third-order valence-electron chi connectivity index (χ3n) is 2.67. The molecule has 1 saturated heterocycles. The van der Waals surface area contributed by atoms with Gasteiger partial charge in [0.05, 0.1) is 32.1 Å². The van der Waals surface area contributed by atoms with Gasteiger partial charge in [0, 0.05) is 10.6 Å². The van der Waals surface area contributed by atoms with E-state index in [1.54, 1.807) is 18.2 Å². The molecule has 1 heterocycles. The van der Waals surface area contributed by atoms with Crippen LogP contribution in [-0.4, -0.2) is 38.4 Å². The molecule has 1 atom stereocenters. The summed E-state index contributed by atoms with van der Waals surface area (Å²) in [5, 5.41) is 3.31. The molecule has 1 amide bonds. The topological polar surface area (TPSA) is 73.6 Å². The van der Waals surface area contributed by atoms with Crippen LogP contribution in [0.5, 0.6) is 0 Å². The first-order valence-corrected chi connectivity index (χ1v) is 6.57. The van der Waals surface area contributed by atoms with Crippen molar-refractivity contribution in [3.63, 3.8) is 0 Å². The molecule has 0 aliphatic carbocycles. The smallest absolute Gasteiger partial charge is 0.255 e. The molecule has 0 saturated carbocycles. The van der Waals surface area contributed by atoms with Crippen molar-refractivity contribution in [3.05, 3.63) is 28.8 Å². The van der Waals surface area contributed by atoms with Gasteiger partial charge in [-0.3, -0.25) is 4.79 Å². The van der Waals surface area contributed by atoms with Gasteiger partial charge in [-0.2, -0.15) is 0 Å². The Bertz CT molecular complexity index is 545. The number of ether oxygens (including phenoxy) is 2. The summed E-state index contributed by atoms with van der Waals surface area (Å²) in [6, 6.07) is 5.06. The van der Waals surface area contributed by atoms with Gasteiger partial charge in [-0.05, 0) is 18.2 Å². The third kappa shape index (κ3) is 3.95. The number of hydrogen-bond donors (Lipinski definition) is 2. The zero-order valence-corrected chi connectivity index (χ0v) is 11.6. The highest BCUT2D eigenvalue weighted by Gasteiger charge is 2.23. The quantitative estimate of drug-likeness (QED) is 0.798. The van der Waals surface area contributed by atoms with Gasteiger partial charge in [0.1, 0.15) is 0 Å². The molecule has 2 rings (SSSR count). The van der Waals surface area contributed by atoms with Crippen molar-refractivity contribution in [3.8, 4) is 11.8 Å². The molecule has 0 radical (unpaired) electrons. The molecule has 5 nitrogen and oxygen atoms in total. The summed E-state index contributed by atoms with van der Waals surface area (Å²) in [5.74, 6) is 5.35. The number of carbonyl (C=O) groups is 1. The van der Waals surface area contributed by atoms with Crippen molar-refractivity contribution in [2.45, 2.75) is 6.10 Å². The van der Waals surface area contributed by atoms with Crippen LogP contribution in [-0.2, 0) is 14.3 Å². The van der Waals surface area contributed by atoms with Gasteiger partial charge in [0.15, 0.2) is 6.10 Å². The van der Waals surface area contributed by atoms with Crippen LogP contribution in [0.2, 0.25) is 5.02 Å². The Hall–Kier alpha value is -1.58. The van der Waals surface area contributed by atoms with Gasteiger partial charge in [-0.15, -0.1) is 0 Å². The number of rotatable bonds is 2. The maximum absolute atomic E-state index is 12.1. The van der Waals surface area contributed by atoms with Crippen molar-refractivity contribution < 1.29 is 14.3 Å². The second kappa shape index (κ2) is 7.27. The first kappa shape index (κ1) is 14.8. The van der Waals surface area contributed by atoms with Crippen LogP contribution in [0.15, 0.2) is 18.2 Å². The van der Waals surface area contributed by atoms with Crippen LogP contribution in [0.25, 0.3) is 0 Å². The summed E-state index contributed by atoms with van der Waals surface area (Å²) >= 11 is 5.92. The number of amides is 1. The molecule has 1 aromatic rings. The van der Waals surface area contributed by atoms with Gasteiger partial charge in [0.2, 0.25) is 0 Å². The van der Waals surface area contributed by atoms with E-state index in [1.807, 2.05) is 0 Å². The molecule has 0 spiro atoms. The number of halogens is 1. The van der Waals surface area contributed by atoms with Crippen LogP contribution >= 0.6 is 11.6 Å². The summed E-state index contributed by atoms with van der Waals surface area (Å²) in [4.78, 5) is 12.1. The van der Waals surface area contributed by atoms with E-state index in [-0.39, 0.29) is 19.1 Å². The molecule has 6 heteroatoms. The highest BCUT2D eigenvalue weighted by molar-refractivity contribution is 6.30. The maximum atomic E-state index is 12.1. The fourth-order valence-electron chi connectivity index (χ4n) is 1.73. The lowest BCUT2D eigenvalue weighted by molar-refractivity contribution is -0.142. The van der Waals surface area contributed by atoms with Crippen LogP contribution in [0, 0.1) is 11.8 Å². The second-order valence-electron chi connectivity index (χ2n) is 4.12. The van der Waals surface area contributed by atoms with Gasteiger partial charge >= 0.3 is 0 Å². The van der Waals surface area contributed by atoms with Gasteiger partial charge in [0.25, 0.3) is 5.91 Å². The Kier molecular flexibility index (Phi) is 5.39. The molecule has 1 unspecified atom stereocenters. The van der Waals surface area contributed by atoms with E-state index in [1.165, 1.54) is 0 Å². The molecule has 20 heavy (non-hydrogen) atoms. The van der Waals surface area contributed by atoms with E-state index in [0.29, 0.717) is 29.5 Å². The van der Waals surface area contributed by atoms with Crippen molar-refractivity contribution in [1.29, 1.82) is 0 Å². The second-order valence-corrected chi connectivity index (χ2v) is 4.56. The molecule has 1 aliphatic heterocycles. The van der Waals surface area contributed by atoms with Crippen molar-refractivity contribution >= 4 is 23.2 Å². The van der Waals surface area contributed by atoms with E-state index in [9.17, 15) is 4.79 Å². The monoisotopic (exact) mass is 294 g/mol. The number of anilines is 1. The number of nitrogens with two attached hydrogens (primary N) is 1. The largest absolute Gasteiger partial charge is 0.376 e. The maximum Gasteiger partial charge on any atom is 0.255 e. The Morgan fingerprint density at radius 2 is 2.35 bits per heavy atom. The summed E-state index contributed by atoms with van der Waals surface area (Å²) < 4.78 is 10.5. The molecule has 1 aliphatic rings. The number of nitrogens with one attached hydrogen (secondary N) is 1. The summed E-state index contributed by atoms with van der Waals surface area (Å²) in [7, 11) is 0. The highest BCUT2D eigenvalue weighted by atomic mass is 35.5. The minimum absolute atomic E-state index is 0.236. The molecule has 0 bridgehead atoms. The average molecular weight is 295 g/mol. The van der Waals surface area contributed by atoms with Crippen LogP contribution < -0.4 is 11.1 Å². The number of benzene rings is 1. The molecule has 1 fully saturated rings. The minimum Gasteiger partial charge on any atom is -0.376 e. The predicted octanol–water partition coefficient (Wildman–Crippen LogP) is 1.00. The predicted molar refractivity (Wildman–Crippen MR) is 76.6 cm³/mol. The fraction of sp³-hybridized carbons (Fsp3) is 0.357. The Balaban J connectivity index is 2.13. The summed E-state index contributed by atoms with van der Waals surface area (Å²) in [6.45, 7) is 1.42. The van der Waals surface area contributed by atoms with Crippen LogP contribution in [0.4, 0.5) is 5.69 Å². The Labute approximate surface area is 122 Å². The van der Waals surface area contributed by atoms with Crippen molar-refractivity contribution in [2.75, 3.05) is 31.7 Å². The van der Waals surface area contributed by atoms with E-state index < -0.39 is 6.10 Å². The molecule has 3 N–H and O–H groups in total. The zero-order chi connectivity index (χ0) is 14.4. The van der Waals surface area contributed by atoms with Gasteiger partial charge in [-0.25, -0.2) is 0 Å². The molecule has 1 aromatic carbocycles. The standard InChI is InChI=1S/C14H15ClN2O3/c15-11-3-4-12(10(8-11)2-1-5-16)17-14(18)13-9-19-6-7-20-13/h3-4,8,13H,5-7,9,16H2,(H,17,18). The van der Waals surface area contributed by atoms with E-state index in [4.69, 9.17) is 26.8 Å². The van der Waals surface area contributed by atoms with Crippen molar-refractivity contribution in [2.24, 2.45) is 5.73 Å². The third-order valence-corrected chi connectivity index (χ3v) is 2.91. The van der Waals surface area contributed by atoms with E-state index >= 15 is 0 Å². The minimum atomic E-state index is -0.602. The van der Waals surface area contributed by atoms with Crippen molar-refractivity contribution in [1.82, 2.24) is 0 Å². The highest BCUT2D eigenvalue weighted by Crippen LogP contribution is 2.20. The number of hydrogen-bond acceptors (Lipinski definition) is 4. The number of carbonyl (C=O) groups excluding carboxylic acids is 1. The summed E-state index contributed by atoms with van der Waals surface area (Å²) in [5.41, 5.74) is 6.55. The van der Waals surface area contributed by atoms with Crippen LogP contribution in [0.3, 0.4) is 0 Å². The lowest BCUT2D eigenvalue weighted by atomic mass is 10.1. The van der Waals surface area contributed by atoms with Crippen LogP contribution in [0.1, 0.15) is 5.56 Å².